The van der Waals surface area contributed by atoms with Crippen LogP contribution in [-0.2, 0) is 0 Å². The molecule has 0 amide bonds. The standard InChI is InChI=1S/C20H27NO2/c1-4-5-12-22-19-10-7-9-18(14-19)21-15-17(3)23-20-11-6-8-16(2)13-20/h6-11,13-14,17,21H,4-5,12,15H2,1-3H3. The number of anilines is 1. The Morgan fingerprint density at radius 1 is 1.04 bits per heavy atom. The topological polar surface area (TPSA) is 30.5 Å². The monoisotopic (exact) mass is 313 g/mol. The predicted molar refractivity (Wildman–Crippen MR) is 96.6 cm³/mol. The van der Waals surface area contributed by atoms with Gasteiger partial charge in [0.15, 0.2) is 0 Å². The Morgan fingerprint density at radius 2 is 1.83 bits per heavy atom. The van der Waals surface area contributed by atoms with Gasteiger partial charge in [-0.15, -0.1) is 0 Å². The molecule has 2 aromatic carbocycles. The van der Waals surface area contributed by atoms with E-state index in [4.69, 9.17) is 9.47 Å². The molecule has 1 atom stereocenters. The first-order valence-electron chi connectivity index (χ1n) is 8.37. The molecule has 124 valence electrons. The predicted octanol–water partition coefficient (Wildman–Crippen LogP) is 5.05. The van der Waals surface area contributed by atoms with Crippen LogP contribution in [0.4, 0.5) is 5.69 Å². The summed E-state index contributed by atoms with van der Waals surface area (Å²) in [6.07, 6.45) is 2.31. The Hall–Kier alpha value is -2.16. The fourth-order valence-corrected chi connectivity index (χ4v) is 2.25. The molecule has 0 aromatic heterocycles. The Morgan fingerprint density at radius 3 is 2.61 bits per heavy atom. The van der Waals surface area contributed by atoms with Crippen LogP contribution in [0.25, 0.3) is 0 Å². The molecule has 0 aliphatic heterocycles. The summed E-state index contributed by atoms with van der Waals surface area (Å²) in [7, 11) is 0. The summed E-state index contributed by atoms with van der Waals surface area (Å²) in [5.41, 5.74) is 2.26. The Labute approximate surface area is 139 Å². The lowest BCUT2D eigenvalue weighted by Crippen LogP contribution is -2.22. The van der Waals surface area contributed by atoms with E-state index >= 15 is 0 Å². The van der Waals surface area contributed by atoms with Gasteiger partial charge in [0.1, 0.15) is 17.6 Å². The highest BCUT2D eigenvalue weighted by molar-refractivity contribution is 5.48. The number of hydrogen-bond acceptors (Lipinski definition) is 3. The van der Waals surface area contributed by atoms with Crippen molar-refractivity contribution >= 4 is 5.69 Å². The molecule has 0 fully saturated rings. The normalized spacial score (nSPS) is 11.8. The third-order valence-corrected chi connectivity index (χ3v) is 3.52. The number of benzene rings is 2. The molecule has 3 nitrogen and oxygen atoms in total. The van der Waals surface area contributed by atoms with Crippen LogP contribution in [0.2, 0.25) is 0 Å². The Balaban J connectivity index is 1.81. The van der Waals surface area contributed by atoms with Gasteiger partial charge in [0.2, 0.25) is 0 Å². The second-order valence-electron chi connectivity index (χ2n) is 5.86. The lowest BCUT2D eigenvalue weighted by Gasteiger charge is -2.17. The molecule has 23 heavy (non-hydrogen) atoms. The number of nitrogens with one attached hydrogen (secondary N) is 1. The van der Waals surface area contributed by atoms with E-state index in [1.807, 2.05) is 36.4 Å². The van der Waals surface area contributed by atoms with Crippen LogP contribution in [0.5, 0.6) is 11.5 Å². The lowest BCUT2D eigenvalue weighted by molar-refractivity contribution is 0.234. The molecule has 3 heteroatoms. The lowest BCUT2D eigenvalue weighted by atomic mass is 10.2. The van der Waals surface area contributed by atoms with Crippen molar-refractivity contribution < 1.29 is 9.47 Å². The third kappa shape index (κ3) is 6.23. The van der Waals surface area contributed by atoms with E-state index < -0.39 is 0 Å². The first kappa shape index (κ1) is 17.2. The molecule has 1 unspecified atom stereocenters. The van der Waals surface area contributed by atoms with E-state index in [-0.39, 0.29) is 6.10 Å². The molecule has 0 aliphatic rings. The molecule has 1 N–H and O–H groups in total. The van der Waals surface area contributed by atoms with Crippen LogP contribution >= 0.6 is 0 Å². The average Bonchev–Trinajstić information content (AvgIpc) is 2.54. The number of rotatable bonds is 9. The van der Waals surface area contributed by atoms with Crippen molar-refractivity contribution in [3.63, 3.8) is 0 Å². The zero-order valence-electron chi connectivity index (χ0n) is 14.3. The van der Waals surface area contributed by atoms with Crippen LogP contribution in [0.15, 0.2) is 48.5 Å². The molecule has 0 bridgehead atoms. The largest absolute Gasteiger partial charge is 0.494 e. The van der Waals surface area contributed by atoms with Crippen molar-refractivity contribution in [3.8, 4) is 11.5 Å². The summed E-state index contributed by atoms with van der Waals surface area (Å²) in [4.78, 5) is 0. The second-order valence-corrected chi connectivity index (χ2v) is 5.86. The molecular formula is C20H27NO2. The van der Waals surface area contributed by atoms with Crippen LogP contribution in [0.1, 0.15) is 32.3 Å². The molecule has 0 heterocycles. The summed E-state index contributed by atoms with van der Waals surface area (Å²) >= 11 is 0. The number of unbranched alkanes of at least 4 members (excludes halogenated alkanes) is 1. The highest BCUT2D eigenvalue weighted by Crippen LogP contribution is 2.18. The van der Waals surface area contributed by atoms with Gasteiger partial charge in [0.25, 0.3) is 0 Å². The fourth-order valence-electron chi connectivity index (χ4n) is 2.25. The summed E-state index contributed by atoms with van der Waals surface area (Å²) in [5.74, 6) is 1.83. The van der Waals surface area contributed by atoms with Gasteiger partial charge in [-0.1, -0.05) is 31.5 Å². The molecular weight excluding hydrogens is 286 g/mol. The summed E-state index contributed by atoms with van der Waals surface area (Å²) in [5, 5.41) is 3.41. The van der Waals surface area contributed by atoms with Gasteiger partial charge in [-0.2, -0.15) is 0 Å². The van der Waals surface area contributed by atoms with Crippen LogP contribution < -0.4 is 14.8 Å². The van der Waals surface area contributed by atoms with E-state index in [1.54, 1.807) is 0 Å². The van der Waals surface area contributed by atoms with E-state index in [0.717, 1.165) is 43.2 Å². The summed E-state index contributed by atoms with van der Waals surface area (Å²) in [6, 6.07) is 16.2. The smallest absolute Gasteiger partial charge is 0.121 e. The fraction of sp³-hybridized carbons (Fsp3) is 0.400. The first-order chi connectivity index (χ1) is 11.2. The molecule has 2 aromatic rings. The highest BCUT2D eigenvalue weighted by Gasteiger charge is 2.05. The van der Waals surface area contributed by atoms with Gasteiger partial charge in [-0.3, -0.25) is 0 Å². The van der Waals surface area contributed by atoms with Gasteiger partial charge in [0, 0.05) is 11.8 Å². The number of hydrogen-bond donors (Lipinski definition) is 1. The van der Waals surface area contributed by atoms with Gasteiger partial charge in [-0.25, -0.2) is 0 Å². The van der Waals surface area contributed by atoms with E-state index in [0.29, 0.717) is 0 Å². The van der Waals surface area contributed by atoms with Crippen molar-refractivity contribution in [3.05, 3.63) is 54.1 Å². The molecule has 0 aliphatic carbocycles. The van der Waals surface area contributed by atoms with Gasteiger partial charge in [0.05, 0.1) is 13.2 Å². The maximum atomic E-state index is 5.93. The minimum Gasteiger partial charge on any atom is -0.494 e. The maximum Gasteiger partial charge on any atom is 0.121 e. The van der Waals surface area contributed by atoms with Gasteiger partial charge < -0.3 is 14.8 Å². The van der Waals surface area contributed by atoms with Gasteiger partial charge >= 0.3 is 0 Å². The summed E-state index contributed by atoms with van der Waals surface area (Å²) < 4.78 is 11.7. The second kappa shape index (κ2) is 9.09. The van der Waals surface area contributed by atoms with Gasteiger partial charge in [-0.05, 0) is 50.1 Å². The molecule has 0 saturated carbocycles. The zero-order chi connectivity index (χ0) is 16.5. The van der Waals surface area contributed by atoms with E-state index in [9.17, 15) is 0 Å². The van der Waals surface area contributed by atoms with E-state index in [1.165, 1.54) is 5.56 Å². The SMILES string of the molecule is CCCCOc1cccc(NCC(C)Oc2cccc(C)c2)c1. The minimum atomic E-state index is 0.0847. The summed E-state index contributed by atoms with van der Waals surface area (Å²) in [6.45, 7) is 7.81. The van der Waals surface area contributed by atoms with Crippen molar-refractivity contribution in [2.75, 3.05) is 18.5 Å². The molecule has 2 rings (SSSR count). The number of aryl methyl sites for hydroxylation is 1. The maximum absolute atomic E-state index is 5.93. The van der Waals surface area contributed by atoms with Crippen molar-refractivity contribution in [1.29, 1.82) is 0 Å². The molecule has 0 spiro atoms. The third-order valence-electron chi connectivity index (χ3n) is 3.52. The highest BCUT2D eigenvalue weighted by atomic mass is 16.5. The van der Waals surface area contributed by atoms with Crippen LogP contribution in [0, 0.1) is 6.92 Å². The van der Waals surface area contributed by atoms with Crippen molar-refractivity contribution in [2.45, 2.75) is 39.7 Å². The zero-order valence-corrected chi connectivity index (χ0v) is 14.3. The molecule has 0 saturated heterocycles. The number of ether oxygens (including phenoxy) is 2. The Kier molecular flexibility index (Phi) is 6.79. The average molecular weight is 313 g/mol. The van der Waals surface area contributed by atoms with Crippen molar-refractivity contribution in [2.24, 2.45) is 0 Å². The van der Waals surface area contributed by atoms with E-state index in [2.05, 4.69) is 38.2 Å². The van der Waals surface area contributed by atoms with Crippen LogP contribution in [-0.4, -0.2) is 19.3 Å². The first-order valence-corrected chi connectivity index (χ1v) is 8.37. The van der Waals surface area contributed by atoms with Crippen LogP contribution in [0.3, 0.4) is 0 Å². The Bertz CT molecular complexity index is 598. The molecule has 0 radical (unpaired) electrons. The minimum absolute atomic E-state index is 0.0847. The van der Waals surface area contributed by atoms with Crippen molar-refractivity contribution in [1.82, 2.24) is 0 Å². The quantitative estimate of drug-likeness (QED) is 0.657.